The molecule has 2 aliphatic rings. The van der Waals surface area contributed by atoms with E-state index in [9.17, 15) is 14.4 Å². The van der Waals surface area contributed by atoms with Gasteiger partial charge < -0.3 is 29.1 Å². The highest BCUT2D eigenvalue weighted by atomic mass is 16.5. The topological polar surface area (TPSA) is 237 Å². The van der Waals surface area contributed by atoms with Gasteiger partial charge in [-0.2, -0.15) is 9.59 Å². The van der Waals surface area contributed by atoms with Gasteiger partial charge in [-0.1, -0.05) is 52.3 Å². The van der Waals surface area contributed by atoms with Crippen molar-refractivity contribution < 1.29 is 33.6 Å². The fourth-order valence-corrected chi connectivity index (χ4v) is 7.92. The van der Waals surface area contributed by atoms with E-state index in [2.05, 4.69) is 89.0 Å². The van der Waals surface area contributed by atoms with E-state index in [0.717, 1.165) is 71.5 Å². The Hall–Kier alpha value is -6.79. The molecule has 2 aliphatic heterocycles. The number of nitrogens with zero attached hydrogens (tertiary/aromatic N) is 12. The normalized spacial score (nSPS) is 15.2. The number of tetrazole rings is 2. The number of benzene rings is 2. The number of hydrogen-bond donors (Lipinski definition) is 2. The van der Waals surface area contributed by atoms with Crippen molar-refractivity contribution in [3.63, 3.8) is 0 Å². The van der Waals surface area contributed by atoms with Crippen molar-refractivity contribution in [1.29, 1.82) is 0 Å². The van der Waals surface area contributed by atoms with E-state index >= 15 is 0 Å². The first-order chi connectivity index (χ1) is 28.5. The first-order valence-corrected chi connectivity index (χ1v) is 19.7. The van der Waals surface area contributed by atoms with Gasteiger partial charge in [-0.05, 0) is 97.4 Å². The van der Waals surface area contributed by atoms with Gasteiger partial charge in [0, 0.05) is 49.8 Å². The van der Waals surface area contributed by atoms with Crippen molar-refractivity contribution in [3.05, 3.63) is 81.9 Å². The molecule has 0 unspecified atom stereocenters. The number of carboxylic acids is 2. The fourth-order valence-electron chi connectivity index (χ4n) is 7.92. The number of ketones is 1. The van der Waals surface area contributed by atoms with Crippen LogP contribution in [-0.4, -0.2) is 105 Å². The molecule has 59 heavy (non-hydrogen) atoms. The number of Topliss-reactive ketones (excluding diaryl/α,β-unsaturated/α-hetero) is 1. The first kappa shape index (κ1) is 39.1. The van der Waals surface area contributed by atoms with Gasteiger partial charge in [0.25, 0.3) is 0 Å². The van der Waals surface area contributed by atoms with Crippen LogP contribution in [0.3, 0.4) is 0 Å². The number of carbonyl (C=O) groups is 3. The zero-order valence-electron chi connectivity index (χ0n) is 32.8. The molecule has 19 heteroatoms. The van der Waals surface area contributed by atoms with Gasteiger partial charge in [0.2, 0.25) is 23.2 Å². The quantitative estimate of drug-likeness (QED) is 0.139. The van der Waals surface area contributed by atoms with E-state index in [1.807, 2.05) is 12.1 Å². The Balaban J connectivity index is 0.841. The lowest BCUT2D eigenvalue weighted by atomic mass is 9.85. The van der Waals surface area contributed by atoms with Crippen LogP contribution in [0.1, 0.15) is 63.9 Å². The minimum Gasteiger partial charge on any atom is -0.480 e. The van der Waals surface area contributed by atoms with Crippen LogP contribution in [0, 0.1) is 25.7 Å². The van der Waals surface area contributed by atoms with Crippen LogP contribution in [0.25, 0.3) is 23.2 Å². The third-order valence-electron chi connectivity index (χ3n) is 11.2. The lowest BCUT2D eigenvalue weighted by molar-refractivity contribution is -0.139. The van der Waals surface area contributed by atoms with Crippen molar-refractivity contribution in [2.75, 3.05) is 36.0 Å². The first-order valence-electron chi connectivity index (χ1n) is 19.7. The number of aromatic nitrogens is 10. The van der Waals surface area contributed by atoms with Gasteiger partial charge in [-0.3, -0.25) is 14.4 Å². The summed E-state index contributed by atoms with van der Waals surface area (Å²) in [6.45, 7) is 6.38. The standard InChI is InChI=1S/C40H44N12O7/c1-24-3-8-31(38(57)28-11-15-50(16-12-28)35-21-33(59-46-35)40-42-48-52(44-40)23-37(55)56)29(17-24)7-6-26-5-4-25(2)30(18-26)19-27-9-13-49(14-10-27)34-20-32(58-45-34)39-41-47-51(43-39)22-36(53)54/h3-5,8,17-18,20-21,27-28H,6-7,9-16,19,22-23H2,1-2H3,(H,53,54)(H,55,56). The maximum Gasteiger partial charge on any atom is 0.327 e. The highest BCUT2D eigenvalue weighted by molar-refractivity contribution is 5.99. The van der Waals surface area contributed by atoms with Gasteiger partial charge in [0.05, 0.1) is 0 Å². The summed E-state index contributed by atoms with van der Waals surface area (Å²) >= 11 is 0. The minimum atomic E-state index is -1.08. The van der Waals surface area contributed by atoms with Crippen LogP contribution in [0.4, 0.5) is 11.6 Å². The third kappa shape index (κ3) is 9.18. The second-order valence-corrected chi connectivity index (χ2v) is 15.4. The number of aryl methyl sites for hydroxylation is 4. The molecule has 2 fully saturated rings. The molecular formula is C40H44N12O7. The molecule has 2 aromatic carbocycles. The lowest BCUT2D eigenvalue weighted by Crippen LogP contribution is -2.36. The summed E-state index contributed by atoms with van der Waals surface area (Å²) in [6.07, 6.45) is 5.95. The monoisotopic (exact) mass is 804 g/mol. The van der Waals surface area contributed by atoms with Gasteiger partial charge in [0.1, 0.15) is 0 Å². The number of aliphatic carboxylic acids is 2. The number of rotatable bonds is 15. The molecule has 19 nitrogen and oxygen atoms in total. The van der Waals surface area contributed by atoms with Crippen molar-refractivity contribution in [2.45, 2.75) is 71.9 Å². The Bertz CT molecular complexity index is 2450. The van der Waals surface area contributed by atoms with Crippen LogP contribution in [-0.2, 0) is 41.9 Å². The zero-order chi connectivity index (χ0) is 41.0. The molecule has 0 saturated carbocycles. The molecule has 306 valence electrons. The predicted molar refractivity (Wildman–Crippen MR) is 210 cm³/mol. The number of anilines is 2. The third-order valence-corrected chi connectivity index (χ3v) is 11.2. The molecule has 0 aliphatic carbocycles. The Labute approximate surface area is 337 Å². The van der Waals surface area contributed by atoms with Gasteiger partial charge >= 0.3 is 11.9 Å². The Kier molecular flexibility index (Phi) is 11.2. The molecule has 0 amide bonds. The molecule has 6 heterocycles. The number of carbonyl (C=O) groups excluding carboxylic acids is 1. The van der Waals surface area contributed by atoms with Crippen molar-refractivity contribution in [2.24, 2.45) is 11.8 Å². The summed E-state index contributed by atoms with van der Waals surface area (Å²) < 4.78 is 10.9. The molecule has 0 atom stereocenters. The summed E-state index contributed by atoms with van der Waals surface area (Å²) in [6, 6.07) is 16.4. The van der Waals surface area contributed by atoms with Crippen molar-refractivity contribution >= 4 is 29.4 Å². The second kappa shape index (κ2) is 17.0. The Morgan fingerprint density at radius 3 is 1.85 bits per heavy atom. The highest BCUT2D eigenvalue weighted by Gasteiger charge is 2.29. The van der Waals surface area contributed by atoms with E-state index < -0.39 is 18.5 Å². The SMILES string of the molecule is Cc1ccc(C(=O)C2CCN(c3cc(-c4nnn(CC(=O)O)n4)on3)CC2)c(CCc2ccc(C)c(CC3CCN(c4cc(-c5nnn(CC(=O)O)n5)on4)CC3)c2)c1. The van der Waals surface area contributed by atoms with Gasteiger partial charge in [-0.25, -0.2) is 0 Å². The zero-order valence-corrected chi connectivity index (χ0v) is 32.8. The molecule has 4 aromatic heterocycles. The van der Waals surface area contributed by atoms with E-state index in [1.54, 1.807) is 12.1 Å². The van der Waals surface area contributed by atoms with E-state index in [0.29, 0.717) is 55.0 Å². The Morgan fingerprint density at radius 2 is 1.27 bits per heavy atom. The van der Waals surface area contributed by atoms with E-state index in [-0.39, 0.29) is 29.9 Å². The predicted octanol–water partition coefficient (Wildman–Crippen LogP) is 4.10. The lowest BCUT2D eigenvalue weighted by Gasteiger charge is -2.32. The smallest absolute Gasteiger partial charge is 0.327 e. The summed E-state index contributed by atoms with van der Waals surface area (Å²) in [5.41, 5.74) is 6.89. The Morgan fingerprint density at radius 1 is 0.695 bits per heavy atom. The van der Waals surface area contributed by atoms with Crippen LogP contribution < -0.4 is 9.80 Å². The minimum absolute atomic E-state index is 0.107. The molecule has 0 bridgehead atoms. The average Bonchev–Trinajstić information content (AvgIpc) is 4.06. The summed E-state index contributed by atoms with van der Waals surface area (Å²) in [7, 11) is 0. The molecule has 8 rings (SSSR count). The number of hydrogen-bond acceptors (Lipinski definition) is 15. The van der Waals surface area contributed by atoms with E-state index in [1.165, 1.54) is 16.7 Å². The van der Waals surface area contributed by atoms with Crippen molar-refractivity contribution in [1.82, 2.24) is 50.7 Å². The van der Waals surface area contributed by atoms with Crippen LogP contribution >= 0.6 is 0 Å². The van der Waals surface area contributed by atoms with Gasteiger partial charge in [-0.15, -0.1) is 20.4 Å². The number of piperidine rings is 2. The maximum absolute atomic E-state index is 14.0. The highest BCUT2D eigenvalue weighted by Crippen LogP contribution is 2.31. The summed E-state index contributed by atoms with van der Waals surface area (Å²) in [5.74, 6) is 0.748. The molecule has 0 radical (unpaired) electrons. The largest absolute Gasteiger partial charge is 0.480 e. The molecule has 2 saturated heterocycles. The fraction of sp³-hybridized carbons (Fsp3) is 0.425. The molecule has 2 N–H and O–H groups in total. The average molecular weight is 805 g/mol. The summed E-state index contributed by atoms with van der Waals surface area (Å²) in [5, 5.41) is 49.7. The van der Waals surface area contributed by atoms with Crippen LogP contribution in [0.5, 0.6) is 0 Å². The van der Waals surface area contributed by atoms with Crippen molar-refractivity contribution in [3.8, 4) is 23.2 Å². The van der Waals surface area contributed by atoms with Gasteiger partial charge in [0.15, 0.2) is 30.5 Å². The number of carboxylic acid groups (broad SMARTS) is 2. The second-order valence-electron chi connectivity index (χ2n) is 15.4. The molecule has 6 aromatic rings. The van der Waals surface area contributed by atoms with E-state index in [4.69, 9.17) is 19.3 Å². The van der Waals surface area contributed by atoms with Crippen LogP contribution in [0.2, 0.25) is 0 Å². The maximum atomic E-state index is 14.0. The molecular weight excluding hydrogens is 761 g/mol. The van der Waals surface area contributed by atoms with Crippen LogP contribution in [0.15, 0.2) is 57.6 Å². The summed E-state index contributed by atoms with van der Waals surface area (Å²) in [4.78, 5) is 42.2. The molecule has 0 spiro atoms.